The first-order valence-electron chi connectivity index (χ1n) is 3.48. The van der Waals surface area contributed by atoms with E-state index in [1.54, 1.807) is 0 Å². The van der Waals surface area contributed by atoms with Crippen LogP contribution in [0.25, 0.3) is 0 Å². The van der Waals surface area contributed by atoms with Gasteiger partial charge in [-0.15, -0.1) is 0 Å². The van der Waals surface area contributed by atoms with E-state index in [2.05, 4.69) is 5.48 Å². The van der Waals surface area contributed by atoms with Crippen molar-refractivity contribution in [2.45, 2.75) is 0 Å². The molecule has 2 aliphatic heterocycles. The predicted molar refractivity (Wildman–Crippen MR) is 52.7 cm³/mol. The third kappa shape index (κ3) is 1.98. The van der Waals surface area contributed by atoms with Gasteiger partial charge in [0.2, 0.25) is 0 Å². The standard InChI is InChI=1S/C6H5ClN2O4S.H3N/c7-4-1-2-6(14(10,11)12)9-5(4)3-8-13-9;/h1-3,8H,(H,10,11,12);1H3. The number of rotatable bonds is 1. The maximum atomic E-state index is 10.9. The fraction of sp³-hybridized carbons (Fsp3) is 0. The van der Waals surface area contributed by atoms with E-state index < -0.39 is 15.1 Å². The Balaban J connectivity index is 0.00000112. The Labute approximate surface area is 90.9 Å². The summed E-state index contributed by atoms with van der Waals surface area (Å²) < 4.78 is 30.6. The van der Waals surface area contributed by atoms with Crippen molar-refractivity contribution < 1.29 is 17.9 Å². The van der Waals surface area contributed by atoms with Gasteiger partial charge in [0, 0.05) is 0 Å². The fourth-order valence-corrected chi connectivity index (χ4v) is 1.84. The Bertz CT molecular complexity index is 467. The molecular weight excluding hydrogens is 246 g/mol. The molecule has 0 unspecified atom stereocenters. The zero-order valence-electron chi connectivity index (χ0n) is 7.34. The average molecular weight is 254 g/mol. The second-order valence-corrected chi connectivity index (χ2v) is 4.30. The van der Waals surface area contributed by atoms with Crippen LogP contribution in [0.5, 0.6) is 0 Å². The Morgan fingerprint density at radius 1 is 1.47 bits per heavy atom. The maximum Gasteiger partial charge on any atom is 0.312 e. The van der Waals surface area contributed by atoms with Gasteiger partial charge >= 0.3 is 10.1 Å². The number of nitrogens with one attached hydrogen (secondary N) is 1. The molecule has 0 aromatic heterocycles. The van der Waals surface area contributed by atoms with Crippen LogP contribution in [0.1, 0.15) is 0 Å². The van der Waals surface area contributed by atoms with Gasteiger partial charge in [0.05, 0.1) is 11.2 Å². The summed E-state index contributed by atoms with van der Waals surface area (Å²) in [4.78, 5) is 4.72. The summed E-state index contributed by atoms with van der Waals surface area (Å²) >= 11 is 5.74. The summed E-state index contributed by atoms with van der Waals surface area (Å²) in [5.41, 5.74) is 2.64. The number of hydrogen-bond donors (Lipinski definition) is 3. The molecule has 0 spiro atoms. The molecule has 84 valence electrons. The first-order chi connectivity index (χ1) is 6.50. The highest BCUT2D eigenvalue weighted by Gasteiger charge is 2.32. The van der Waals surface area contributed by atoms with Crippen LogP contribution < -0.4 is 11.6 Å². The van der Waals surface area contributed by atoms with E-state index in [1.807, 2.05) is 0 Å². The summed E-state index contributed by atoms with van der Waals surface area (Å²) in [5, 5.41) is 0.804. The Morgan fingerprint density at radius 2 is 2.13 bits per heavy atom. The molecule has 2 rings (SSSR count). The van der Waals surface area contributed by atoms with Crippen molar-refractivity contribution in [3.63, 3.8) is 0 Å². The van der Waals surface area contributed by atoms with E-state index in [9.17, 15) is 8.42 Å². The molecule has 0 radical (unpaired) electrons. The molecule has 0 aliphatic carbocycles. The molecule has 0 saturated heterocycles. The highest BCUT2D eigenvalue weighted by Crippen LogP contribution is 2.31. The number of hydrogen-bond acceptors (Lipinski definition) is 6. The predicted octanol–water partition coefficient (Wildman–Crippen LogP) is 0.607. The third-order valence-electron chi connectivity index (χ3n) is 1.64. The smallest absolute Gasteiger partial charge is 0.312 e. The first-order valence-corrected chi connectivity index (χ1v) is 5.30. The molecule has 7 nitrogen and oxygen atoms in total. The topological polar surface area (TPSA) is 114 Å². The minimum absolute atomic E-state index is 0. The minimum Gasteiger partial charge on any atom is -0.344 e. The van der Waals surface area contributed by atoms with Gasteiger partial charge in [-0.1, -0.05) is 11.6 Å². The lowest BCUT2D eigenvalue weighted by molar-refractivity contribution is -0.117. The third-order valence-corrected chi connectivity index (χ3v) is 2.79. The summed E-state index contributed by atoms with van der Waals surface area (Å²) in [6.45, 7) is 0. The van der Waals surface area contributed by atoms with Crippen LogP contribution in [0, 0.1) is 0 Å². The highest BCUT2D eigenvalue weighted by molar-refractivity contribution is 7.89. The second-order valence-electron chi connectivity index (χ2n) is 2.53. The molecule has 0 bridgehead atoms. The minimum atomic E-state index is -4.33. The van der Waals surface area contributed by atoms with Crippen LogP contribution in [0.2, 0.25) is 0 Å². The number of fused-ring (bicyclic) bond motifs is 1. The lowest BCUT2D eigenvalue weighted by Gasteiger charge is -2.21. The Kier molecular flexibility index (Phi) is 3.07. The van der Waals surface area contributed by atoms with Crippen molar-refractivity contribution in [2.24, 2.45) is 0 Å². The van der Waals surface area contributed by atoms with Crippen LogP contribution in [-0.2, 0) is 15.1 Å². The zero-order valence-corrected chi connectivity index (χ0v) is 8.92. The van der Waals surface area contributed by atoms with Gasteiger partial charge in [0.1, 0.15) is 5.70 Å². The number of allylic oxidation sites excluding steroid dienone is 3. The van der Waals surface area contributed by atoms with Gasteiger partial charge in [0.25, 0.3) is 0 Å². The first kappa shape index (κ1) is 12.0. The quantitative estimate of drug-likeness (QED) is 0.587. The number of hydroxylamine groups is 3. The molecule has 15 heavy (non-hydrogen) atoms. The van der Waals surface area contributed by atoms with Gasteiger partial charge in [0.15, 0.2) is 5.03 Å². The summed E-state index contributed by atoms with van der Waals surface area (Å²) in [6.07, 6.45) is 3.86. The fourth-order valence-electron chi connectivity index (χ4n) is 1.06. The Morgan fingerprint density at radius 3 is 2.73 bits per heavy atom. The normalized spacial score (nSPS) is 19.3. The summed E-state index contributed by atoms with van der Waals surface area (Å²) in [7, 11) is -4.33. The van der Waals surface area contributed by atoms with Gasteiger partial charge in [-0.2, -0.15) is 18.4 Å². The zero-order chi connectivity index (χ0) is 10.3. The largest absolute Gasteiger partial charge is 0.344 e. The van der Waals surface area contributed by atoms with E-state index in [1.165, 1.54) is 12.3 Å². The van der Waals surface area contributed by atoms with Gasteiger partial charge in [-0.05, 0) is 12.2 Å². The van der Waals surface area contributed by atoms with Crippen molar-refractivity contribution in [3.8, 4) is 0 Å². The maximum absolute atomic E-state index is 10.9. The summed E-state index contributed by atoms with van der Waals surface area (Å²) in [5.74, 6) is 0. The van der Waals surface area contributed by atoms with Crippen molar-refractivity contribution in [3.05, 3.63) is 34.1 Å². The van der Waals surface area contributed by atoms with Crippen LogP contribution in [0.3, 0.4) is 0 Å². The van der Waals surface area contributed by atoms with Crippen molar-refractivity contribution in [1.29, 1.82) is 0 Å². The number of nitrogens with zero attached hydrogens (tertiary/aromatic N) is 1. The molecule has 0 amide bonds. The van der Waals surface area contributed by atoms with Crippen LogP contribution >= 0.6 is 11.6 Å². The van der Waals surface area contributed by atoms with E-state index in [-0.39, 0.29) is 6.15 Å². The van der Waals surface area contributed by atoms with Gasteiger partial charge in [-0.25, -0.2) is 5.48 Å². The van der Waals surface area contributed by atoms with Crippen molar-refractivity contribution in [2.75, 3.05) is 0 Å². The van der Waals surface area contributed by atoms with E-state index in [0.29, 0.717) is 10.7 Å². The van der Waals surface area contributed by atoms with E-state index in [4.69, 9.17) is 21.1 Å². The van der Waals surface area contributed by atoms with Gasteiger partial charge < -0.3 is 6.15 Å². The molecule has 5 N–H and O–H groups in total. The number of halogens is 1. The van der Waals surface area contributed by atoms with Crippen LogP contribution in [0.4, 0.5) is 0 Å². The molecule has 2 aliphatic rings. The SMILES string of the molecule is N.O=S(=O)(O)C1=CC=C(Cl)C2=CNON21. The Hall–Kier alpha value is -1.06. The van der Waals surface area contributed by atoms with E-state index >= 15 is 0 Å². The molecule has 0 aromatic rings. The molecule has 0 saturated carbocycles. The lowest BCUT2D eigenvalue weighted by Crippen LogP contribution is -2.27. The second kappa shape index (κ2) is 3.83. The molecular formula is C6H8ClN3O4S. The molecule has 0 fully saturated rings. The van der Waals surface area contributed by atoms with Crippen LogP contribution in [-0.4, -0.2) is 18.0 Å². The van der Waals surface area contributed by atoms with Gasteiger partial charge in [-0.3, -0.25) is 4.55 Å². The van der Waals surface area contributed by atoms with Crippen molar-refractivity contribution in [1.82, 2.24) is 16.7 Å². The highest BCUT2D eigenvalue weighted by atomic mass is 35.5. The molecule has 2 heterocycles. The average Bonchev–Trinajstić information content (AvgIpc) is 2.50. The molecule has 9 heteroatoms. The summed E-state index contributed by atoms with van der Waals surface area (Å²) in [6, 6.07) is 0. The van der Waals surface area contributed by atoms with E-state index in [0.717, 1.165) is 11.1 Å². The monoisotopic (exact) mass is 253 g/mol. The van der Waals surface area contributed by atoms with Crippen LogP contribution in [0.15, 0.2) is 34.1 Å². The molecule has 0 atom stereocenters. The lowest BCUT2D eigenvalue weighted by atomic mass is 10.3. The molecule has 0 aromatic carbocycles. The van der Waals surface area contributed by atoms with Crippen molar-refractivity contribution >= 4 is 21.7 Å².